The Morgan fingerprint density at radius 2 is 2.05 bits per heavy atom. The molecule has 1 N–H and O–H groups in total. The highest BCUT2D eigenvalue weighted by molar-refractivity contribution is 9.10. The van der Waals surface area contributed by atoms with E-state index in [1.807, 2.05) is 30.6 Å². The van der Waals surface area contributed by atoms with Crippen LogP contribution >= 0.6 is 15.9 Å². The van der Waals surface area contributed by atoms with Gasteiger partial charge in [-0.15, -0.1) is 0 Å². The third-order valence-electron chi connectivity index (χ3n) is 3.24. The Morgan fingerprint density at radius 1 is 1.15 bits per heavy atom. The van der Waals surface area contributed by atoms with Crippen molar-refractivity contribution in [1.82, 2.24) is 9.97 Å². The molecule has 3 rings (SSSR count). The van der Waals surface area contributed by atoms with Crippen molar-refractivity contribution in [1.29, 1.82) is 0 Å². The predicted octanol–water partition coefficient (Wildman–Crippen LogP) is 4.31. The van der Waals surface area contributed by atoms with Crippen LogP contribution in [0.4, 0.5) is 5.69 Å². The average Bonchev–Trinajstić information content (AvgIpc) is 2.46. The first kappa shape index (κ1) is 13.1. The number of hydrogen-bond donors (Lipinski definition) is 1. The number of para-hydroxylation sites is 1. The lowest BCUT2D eigenvalue weighted by molar-refractivity contribution is 1.02. The van der Waals surface area contributed by atoms with Gasteiger partial charge in [-0.25, -0.2) is 0 Å². The number of hydrogen-bond acceptors (Lipinski definition) is 3. The summed E-state index contributed by atoms with van der Waals surface area (Å²) in [5, 5.41) is 4.54. The SMILES string of the molecule is Cc1cccnc1CNc1cccc2cc(Br)cnc12. The third kappa shape index (κ3) is 2.65. The van der Waals surface area contributed by atoms with Gasteiger partial charge >= 0.3 is 0 Å². The number of pyridine rings is 2. The van der Waals surface area contributed by atoms with Crippen LogP contribution < -0.4 is 5.32 Å². The number of anilines is 1. The molecule has 0 saturated carbocycles. The molecule has 0 amide bonds. The zero-order chi connectivity index (χ0) is 13.9. The van der Waals surface area contributed by atoms with Crippen LogP contribution in [-0.2, 0) is 6.54 Å². The molecular formula is C16H14BrN3. The van der Waals surface area contributed by atoms with Gasteiger partial charge in [0.05, 0.1) is 23.4 Å². The van der Waals surface area contributed by atoms with Gasteiger partial charge in [-0.2, -0.15) is 0 Å². The summed E-state index contributed by atoms with van der Waals surface area (Å²) in [5.41, 5.74) is 4.25. The van der Waals surface area contributed by atoms with E-state index in [0.717, 1.165) is 26.8 Å². The molecule has 0 aliphatic heterocycles. The van der Waals surface area contributed by atoms with E-state index in [1.165, 1.54) is 5.56 Å². The smallest absolute Gasteiger partial charge is 0.0934 e. The van der Waals surface area contributed by atoms with E-state index in [4.69, 9.17) is 0 Å². The van der Waals surface area contributed by atoms with Gasteiger partial charge in [0.1, 0.15) is 0 Å². The Balaban J connectivity index is 1.90. The molecule has 0 aliphatic rings. The average molecular weight is 328 g/mol. The molecule has 0 bridgehead atoms. The number of nitrogens with zero attached hydrogens (tertiary/aromatic N) is 2. The van der Waals surface area contributed by atoms with Crippen LogP contribution in [0.5, 0.6) is 0 Å². The quantitative estimate of drug-likeness (QED) is 0.778. The third-order valence-corrected chi connectivity index (χ3v) is 3.68. The van der Waals surface area contributed by atoms with Crippen LogP contribution in [0.15, 0.2) is 53.3 Å². The summed E-state index contributed by atoms with van der Waals surface area (Å²) in [4.78, 5) is 8.88. The molecule has 0 fully saturated rings. The highest BCUT2D eigenvalue weighted by Gasteiger charge is 2.04. The summed E-state index contributed by atoms with van der Waals surface area (Å²) < 4.78 is 0.989. The Bertz CT molecular complexity index is 756. The molecule has 0 saturated heterocycles. The first-order chi connectivity index (χ1) is 9.74. The van der Waals surface area contributed by atoms with E-state index >= 15 is 0 Å². The van der Waals surface area contributed by atoms with Crippen LogP contribution in [-0.4, -0.2) is 9.97 Å². The number of rotatable bonds is 3. The van der Waals surface area contributed by atoms with Crippen molar-refractivity contribution < 1.29 is 0 Å². The molecule has 4 heteroatoms. The van der Waals surface area contributed by atoms with Crippen LogP contribution in [0.25, 0.3) is 10.9 Å². The van der Waals surface area contributed by atoms with Crippen molar-refractivity contribution in [2.24, 2.45) is 0 Å². The fourth-order valence-electron chi connectivity index (χ4n) is 2.16. The van der Waals surface area contributed by atoms with Gasteiger partial charge in [-0.1, -0.05) is 18.2 Å². The first-order valence-corrected chi connectivity index (χ1v) is 7.22. The fourth-order valence-corrected chi connectivity index (χ4v) is 2.51. The first-order valence-electron chi connectivity index (χ1n) is 6.43. The molecule has 1 aromatic carbocycles. The van der Waals surface area contributed by atoms with Crippen molar-refractivity contribution >= 4 is 32.5 Å². The summed E-state index contributed by atoms with van der Waals surface area (Å²) in [6.45, 7) is 2.77. The van der Waals surface area contributed by atoms with Crippen LogP contribution in [0, 0.1) is 6.92 Å². The lowest BCUT2D eigenvalue weighted by atomic mass is 10.2. The summed E-state index contributed by atoms with van der Waals surface area (Å²) in [6.07, 6.45) is 3.64. The number of aromatic nitrogens is 2. The predicted molar refractivity (Wildman–Crippen MR) is 85.7 cm³/mol. The topological polar surface area (TPSA) is 37.8 Å². The van der Waals surface area contributed by atoms with Gasteiger partial charge in [0.15, 0.2) is 0 Å². The van der Waals surface area contributed by atoms with Gasteiger partial charge in [-0.05, 0) is 46.6 Å². The lowest BCUT2D eigenvalue weighted by Crippen LogP contribution is -2.04. The Hall–Kier alpha value is -1.94. The second kappa shape index (κ2) is 5.59. The number of halogens is 1. The van der Waals surface area contributed by atoms with Crippen molar-refractivity contribution in [2.75, 3.05) is 5.32 Å². The molecule has 0 aliphatic carbocycles. The molecule has 0 spiro atoms. The molecule has 100 valence electrons. The van der Waals surface area contributed by atoms with E-state index < -0.39 is 0 Å². The Labute approximate surface area is 126 Å². The Kier molecular flexibility index (Phi) is 3.65. The fraction of sp³-hybridized carbons (Fsp3) is 0.125. The van der Waals surface area contributed by atoms with Gasteiger partial charge in [0, 0.05) is 22.3 Å². The van der Waals surface area contributed by atoms with Gasteiger partial charge in [-0.3, -0.25) is 9.97 Å². The Morgan fingerprint density at radius 3 is 2.90 bits per heavy atom. The maximum absolute atomic E-state index is 4.49. The standard InChI is InChI=1S/C16H14BrN3/c1-11-4-3-7-18-15(11)10-19-14-6-2-5-12-8-13(17)9-20-16(12)14/h2-9,19H,10H2,1H3. The van der Waals surface area contributed by atoms with E-state index in [0.29, 0.717) is 6.54 Å². The zero-order valence-corrected chi connectivity index (χ0v) is 12.7. The molecular weight excluding hydrogens is 314 g/mol. The lowest BCUT2D eigenvalue weighted by Gasteiger charge is -2.10. The maximum atomic E-state index is 4.49. The minimum Gasteiger partial charge on any atom is -0.378 e. The molecule has 0 radical (unpaired) electrons. The van der Waals surface area contributed by atoms with Gasteiger partial charge < -0.3 is 5.32 Å². The molecule has 2 aromatic heterocycles. The maximum Gasteiger partial charge on any atom is 0.0934 e. The largest absolute Gasteiger partial charge is 0.378 e. The van der Waals surface area contributed by atoms with E-state index in [2.05, 4.69) is 56.3 Å². The van der Waals surface area contributed by atoms with Crippen molar-refractivity contribution in [3.63, 3.8) is 0 Å². The summed E-state index contributed by atoms with van der Waals surface area (Å²) in [7, 11) is 0. The number of benzene rings is 1. The summed E-state index contributed by atoms with van der Waals surface area (Å²) in [6, 6.07) is 12.2. The second-order valence-corrected chi connectivity index (χ2v) is 5.57. The van der Waals surface area contributed by atoms with E-state index in [9.17, 15) is 0 Å². The van der Waals surface area contributed by atoms with Crippen LogP contribution in [0.3, 0.4) is 0 Å². The summed E-state index contributed by atoms with van der Waals surface area (Å²) in [5.74, 6) is 0. The molecule has 0 unspecified atom stereocenters. The van der Waals surface area contributed by atoms with Gasteiger partial charge in [0.25, 0.3) is 0 Å². The van der Waals surface area contributed by atoms with Crippen LogP contribution in [0.1, 0.15) is 11.3 Å². The summed E-state index contributed by atoms with van der Waals surface area (Å²) >= 11 is 3.45. The molecule has 20 heavy (non-hydrogen) atoms. The van der Waals surface area contributed by atoms with Crippen molar-refractivity contribution in [3.05, 3.63) is 64.5 Å². The molecule has 2 heterocycles. The highest BCUT2D eigenvalue weighted by atomic mass is 79.9. The molecule has 3 aromatic rings. The van der Waals surface area contributed by atoms with E-state index in [-0.39, 0.29) is 0 Å². The molecule has 3 nitrogen and oxygen atoms in total. The van der Waals surface area contributed by atoms with E-state index in [1.54, 1.807) is 0 Å². The number of fused-ring (bicyclic) bond motifs is 1. The normalized spacial score (nSPS) is 10.7. The van der Waals surface area contributed by atoms with Crippen molar-refractivity contribution in [2.45, 2.75) is 13.5 Å². The molecule has 0 atom stereocenters. The monoisotopic (exact) mass is 327 g/mol. The van der Waals surface area contributed by atoms with Crippen molar-refractivity contribution in [3.8, 4) is 0 Å². The minimum atomic E-state index is 0.698. The minimum absolute atomic E-state index is 0.698. The number of aryl methyl sites for hydroxylation is 1. The zero-order valence-electron chi connectivity index (χ0n) is 11.1. The number of nitrogens with one attached hydrogen (secondary N) is 1. The van der Waals surface area contributed by atoms with Crippen LogP contribution in [0.2, 0.25) is 0 Å². The second-order valence-electron chi connectivity index (χ2n) is 4.65. The highest BCUT2D eigenvalue weighted by Crippen LogP contribution is 2.24. The van der Waals surface area contributed by atoms with Gasteiger partial charge in [0.2, 0.25) is 0 Å².